The zero-order valence-corrected chi connectivity index (χ0v) is 9.72. The van der Waals surface area contributed by atoms with Gasteiger partial charge >= 0.3 is 10.1 Å². The van der Waals surface area contributed by atoms with Gasteiger partial charge in [0.1, 0.15) is 12.4 Å². The van der Waals surface area contributed by atoms with Crippen molar-refractivity contribution < 1.29 is 35.1 Å². The van der Waals surface area contributed by atoms with Crippen molar-refractivity contribution in [2.45, 2.75) is 5.88 Å². The lowest BCUT2D eigenvalue weighted by Gasteiger charge is -1.89. The molecule has 1 aromatic heterocycles. The Kier molecular flexibility index (Phi) is 5.02. The summed E-state index contributed by atoms with van der Waals surface area (Å²) in [4.78, 5) is 0. The van der Waals surface area contributed by atoms with Crippen molar-refractivity contribution in [3.63, 3.8) is 0 Å². The van der Waals surface area contributed by atoms with E-state index in [1.807, 2.05) is 0 Å². The van der Waals surface area contributed by atoms with Crippen molar-refractivity contribution in [3.05, 3.63) is 18.7 Å². The van der Waals surface area contributed by atoms with Crippen LogP contribution in [-0.4, -0.2) is 35.1 Å². The highest BCUT2D eigenvalue weighted by Crippen LogP contribution is 1.89. The molecule has 0 saturated heterocycles. The third kappa shape index (κ3) is 11.1. The molecule has 0 aliphatic rings. The summed E-state index contributed by atoms with van der Waals surface area (Å²) in [6.45, 7) is 0. The van der Waals surface area contributed by atoms with Crippen LogP contribution < -0.4 is 4.57 Å². The first-order valence-corrected chi connectivity index (χ1v) is 6.59. The van der Waals surface area contributed by atoms with Gasteiger partial charge in [-0.2, -0.15) is 8.42 Å². The van der Waals surface area contributed by atoms with Crippen LogP contribution in [0.25, 0.3) is 0 Å². The SMILES string of the molecule is C[n+]1ccn(CS(=O)(=O)O)c1.O=S(=O)([O-])O. The van der Waals surface area contributed by atoms with Gasteiger partial charge in [0.25, 0.3) is 0 Å². The molecule has 2 N–H and O–H groups in total. The zero-order valence-electron chi connectivity index (χ0n) is 8.09. The molecule has 0 spiro atoms. The summed E-state index contributed by atoms with van der Waals surface area (Å²) in [5.41, 5.74) is 0. The van der Waals surface area contributed by atoms with E-state index in [1.165, 1.54) is 4.57 Å². The molecule has 0 radical (unpaired) electrons. The number of hydrogen-bond donors (Lipinski definition) is 2. The second-order valence-corrected chi connectivity index (χ2v) is 5.01. The lowest BCUT2D eigenvalue weighted by atomic mass is 10.9. The van der Waals surface area contributed by atoms with E-state index in [-0.39, 0.29) is 0 Å². The molecule has 0 bridgehead atoms. The predicted octanol–water partition coefficient (Wildman–Crippen LogP) is -1.84. The van der Waals surface area contributed by atoms with Crippen molar-refractivity contribution in [1.82, 2.24) is 4.57 Å². The third-order valence-corrected chi connectivity index (χ3v) is 1.76. The topological polar surface area (TPSA) is 141 Å². The summed E-state index contributed by atoms with van der Waals surface area (Å²) >= 11 is 0. The first-order chi connectivity index (χ1) is 6.97. The van der Waals surface area contributed by atoms with Crippen LogP contribution >= 0.6 is 0 Å². The number of hydrogen-bond acceptors (Lipinski definition) is 5. The minimum atomic E-state index is -4.92. The first-order valence-electron chi connectivity index (χ1n) is 3.62. The quantitative estimate of drug-likeness (QED) is 0.367. The standard InChI is InChI=1S/C5H8N2O3S.H2O4S/c1-6-2-3-7(4-6)5-11(8,9)10;1-5(2,3)4/h2-4H,5H2,1H3;(H2,1,2,3,4). The van der Waals surface area contributed by atoms with Crippen LogP contribution in [0.3, 0.4) is 0 Å². The molecule has 9 nitrogen and oxygen atoms in total. The van der Waals surface area contributed by atoms with Gasteiger partial charge in [-0.05, 0) is 0 Å². The lowest BCUT2D eigenvalue weighted by molar-refractivity contribution is -0.671. The molecule has 0 aliphatic heterocycles. The Hall–Kier alpha value is -1.01. The highest BCUT2D eigenvalue weighted by Gasteiger charge is 2.09. The third-order valence-electron chi connectivity index (χ3n) is 1.14. The fourth-order valence-corrected chi connectivity index (χ4v) is 1.30. The summed E-state index contributed by atoms with van der Waals surface area (Å²) < 4.78 is 65.0. The fraction of sp³-hybridized carbons (Fsp3) is 0.400. The Morgan fingerprint density at radius 3 is 2.00 bits per heavy atom. The van der Waals surface area contributed by atoms with Crippen molar-refractivity contribution in [2.75, 3.05) is 0 Å². The van der Waals surface area contributed by atoms with Crippen LogP contribution in [0.2, 0.25) is 0 Å². The highest BCUT2D eigenvalue weighted by atomic mass is 32.3. The van der Waals surface area contributed by atoms with E-state index >= 15 is 0 Å². The van der Waals surface area contributed by atoms with E-state index in [1.54, 1.807) is 30.3 Å². The monoisotopic (exact) mass is 274 g/mol. The average Bonchev–Trinajstić information content (AvgIpc) is 2.27. The Morgan fingerprint density at radius 1 is 1.31 bits per heavy atom. The van der Waals surface area contributed by atoms with E-state index < -0.39 is 26.4 Å². The van der Waals surface area contributed by atoms with Gasteiger partial charge in [-0.1, -0.05) is 0 Å². The highest BCUT2D eigenvalue weighted by molar-refractivity contribution is 7.84. The maximum Gasteiger partial charge on any atom is 0.304 e. The molecule has 0 aliphatic carbocycles. The Balaban J connectivity index is 0.000000385. The Bertz CT molecular complexity index is 521. The van der Waals surface area contributed by atoms with Crippen LogP contribution in [0, 0.1) is 0 Å². The second-order valence-electron chi connectivity index (χ2n) is 2.73. The molecule has 0 atom stereocenters. The summed E-state index contributed by atoms with van der Waals surface area (Å²) in [5.74, 6) is -0.395. The average molecular weight is 274 g/mol. The Labute approximate surface area is 92.3 Å². The molecule has 0 saturated carbocycles. The van der Waals surface area contributed by atoms with Crippen LogP contribution in [-0.2, 0) is 33.4 Å². The van der Waals surface area contributed by atoms with Gasteiger partial charge in [0, 0.05) is 0 Å². The number of rotatable bonds is 2. The van der Waals surface area contributed by atoms with E-state index in [9.17, 15) is 8.42 Å². The van der Waals surface area contributed by atoms with Gasteiger partial charge in [0.2, 0.25) is 22.6 Å². The molecule has 94 valence electrons. The zero-order chi connectivity index (χ0) is 13.0. The van der Waals surface area contributed by atoms with Crippen molar-refractivity contribution in [1.29, 1.82) is 0 Å². The summed E-state index contributed by atoms with van der Waals surface area (Å²) in [6, 6.07) is 0. The number of nitrogens with zero attached hydrogens (tertiary/aromatic N) is 2. The molecular weight excluding hydrogens is 264 g/mol. The van der Waals surface area contributed by atoms with E-state index in [0.717, 1.165) is 0 Å². The number of aryl methyl sites for hydroxylation is 1. The number of imidazole rings is 1. The van der Waals surface area contributed by atoms with E-state index in [0.29, 0.717) is 0 Å². The van der Waals surface area contributed by atoms with Crippen LogP contribution in [0.15, 0.2) is 18.7 Å². The van der Waals surface area contributed by atoms with Crippen LogP contribution in [0.1, 0.15) is 0 Å². The summed E-state index contributed by atoms with van der Waals surface area (Å²) in [7, 11) is -7.07. The smallest absolute Gasteiger partial charge is 0.304 e. The van der Waals surface area contributed by atoms with Gasteiger partial charge in [-0.25, -0.2) is 17.6 Å². The maximum absolute atomic E-state index is 10.3. The van der Waals surface area contributed by atoms with E-state index in [2.05, 4.69) is 0 Å². The molecule has 0 unspecified atom stereocenters. The van der Waals surface area contributed by atoms with Gasteiger partial charge in [0.15, 0.2) is 0 Å². The van der Waals surface area contributed by atoms with Crippen LogP contribution in [0.4, 0.5) is 0 Å². The molecule has 1 aromatic rings. The molecule has 0 amide bonds. The minimum Gasteiger partial charge on any atom is -0.726 e. The minimum absolute atomic E-state index is 0.395. The largest absolute Gasteiger partial charge is 0.726 e. The summed E-state index contributed by atoms with van der Waals surface area (Å²) in [6.07, 6.45) is 4.81. The van der Waals surface area contributed by atoms with Crippen molar-refractivity contribution >= 4 is 20.5 Å². The van der Waals surface area contributed by atoms with E-state index in [4.69, 9.17) is 22.1 Å². The lowest BCUT2D eigenvalue weighted by Crippen LogP contribution is -2.24. The maximum atomic E-state index is 10.3. The van der Waals surface area contributed by atoms with Gasteiger partial charge in [0.05, 0.1) is 7.05 Å². The fourth-order valence-electron chi connectivity index (χ4n) is 0.766. The molecule has 1 rings (SSSR count). The van der Waals surface area contributed by atoms with Crippen molar-refractivity contribution in [2.24, 2.45) is 7.05 Å². The Morgan fingerprint density at radius 2 is 1.75 bits per heavy atom. The normalized spacial score (nSPS) is 11.8. The molecule has 1 heterocycles. The number of aromatic nitrogens is 2. The van der Waals surface area contributed by atoms with Crippen LogP contribution in [0.5, 0.6) is 0 Å². The summed E-state index contributed by atoms with van der Waals surface area (Å²) in [5, 5.41) is 0. The van der Waals surface area contributed by atoms with Gasteiger partial charge in [-0.3, -0.25) is 9.11 Å². The molecule has 11 heteroatoms. The molecule has 0 aromatic carbocycles. The first kappa shape index (κ1) is 15.0. The second kappa shape index (κ2) is 5.36. The molecular formula is C5H10N2O7S2. The molecule has 16 heavy (non-hydrogen) atoms. The predicted molar refractivity (Wildman–Crippen MR) is 49.5 cm³/mol. The van der Waals surface area contributed by atoms with Crippen molar-refractivity contribution in [3.8, 4) is 0 Å². The van der Waals surface area contributed by atoms with Gasteiger partial charge < -0.3 is 4.55 Å². The molecule has 0 fully saturated rings. The van der Waals surface area contributed by atoms with Gasteiger partial charge in [-0.15, -0.1) is 0 Å².